The molecule has 0 saturated heterocycles. The van der Waals surface area contributed by atoms with Crippen molar-refractivity contribution in [2.24, 2.45) is 4.99 Å². The van der Waals surface area contributed by atoms with Crippen LogP contribution >= 0.6 is 0 Å². The van der Waals surface area contributed by atoms with Crippen LogP contribution in [0.1, 0.15) is 48.2 Å². The summed E-state index contributed by atoms with van der Waals surface area (Å²) >= 11 is 0. The number of aliphatic imine (C=N–C) groups is 1. The van der Waals surface area contributed by atoms with E-state index in [1.165, 1.54) is 38.7 Å². The van der Waals surface area contributed by atoms with Crippen LogP contribution in [0, 0.1) is 6.92 Å². The summed E-state index contributed by atoms with van der Waals surface area (Å²) in [5.74, 6) is 0. The molecule has 0 aliphatic carbocycles. The number of pyridine rings is 3. The number of fused-ring (bicyclic) bond motifs is 4. The van der Waals surface area contributed by atoms with Gasteiger partial charge in [0.1, 0.15) is 0 Å². The molecule has 10 rings (SSSR count). The van der Waals surface area contributed by atoms with Gasteiger partial charge in [0.25, 0.3) is 0 Å². The molecule has 6 heterocycles. The zero-order chi connectivity index (χ0) is 39.9. The number of hydrogen-bond acceptors (Lipinski definition) is 4. The van der Waals surface area contributed by atoms with Gasteiger partial charge in [-0.25, -0.2) is 0 Å². The van der Waals surface area contributed by atoms with Crippen LogP contribution in [-0.2, 0) is 6.42 Å². The highest BCUT2D eigenvalue weighted by Crippen LogP contribution is 2.38. The number of allylic oxidation sites excluding steroid dienone is 4. The Morgan fingerprint density at radius 3 is 2.27 bits per heavy atom. The normalized spacial score (nSPS) is 13.1. The maximum absolute atomic E-state index is 4.68. The van der Waals surface area contributed by atoms with Crippen LogP contribution in [0.2, 0.25) is 0 Å². The quantitative estimate of drug-likeness (QED) is 0.155. The molecule has 284 valence electrons. The Kier molecular flexibility index (Phi) is 9.22. The predicted molar refractivity (Wildman–Crippen MR) is 246 cm³/mol. The fourth-order valence-corrected chi connectivity index (χ4v) is 8.82. The summed E-state index contributed by atoms with van der Waals surface area (Å²) in [6, 6.07) is 41.2. The van der Waals surface area contributed by atoms with Gasteiger partial charge in [-0.1, -0.05) is 73.7 Å². The first-order chi connectivity index (χ1) is 29.1. The first-order valence-electron chi connectivity index (χ1n) is 20.2. The van der Waals surface area contributed by atoms with Crippen LogP contribution in [0.25, 0.3) is 83.8 Å². The van der Waals surface area contributed by atoms with E-state index in [4.69, 9.17) is 0 Å². The minimum Gasteiger partial charge on any atom is -0.311 e. The third-order valence-corrected chi connectivity index (χ3v) is 11.6. The van der Waals surface area contributed by atoms with Crippen molar-refractivity contribution in [3.8, 4) is 33.8 Å². The van der Waals surface area contributed by atoms with E-state index in [9.17, 15) is 0 Å². The van der Waals surface area contributed by atoms with Gasteiger partial charge in [-0.2, -0.15) is 0 Å². The predicted octanol–water partition coefficient (Wildman–Crippen LogP) is 13.0. The zero-order valence-electron chi connectivity index (χ0n) is 33.3. The van der Waals surface area contributed by atoms with E-state index < -0.39 is 0 Å². The van der Waals surface area contributed by atoms with Gasteiger partial charge < -0.3 is 9.13 Å². The first kappa shape index (κ1) is 35.9. The highest BCUT2D eigenvalue weighted by atomic mass is 15.0. The van der Waals surface area contributed by atoms with Crippen molar-refractivity contribution < 1.29 is 0 Å². The van der Waals surface area contributed by atoms with Gasteiger partial charge in [0.05, 0.1) is 40.3 Å². The van der Waals surface area contributed by atoms with Crippen molar-refractivity contribution >= 4 is 56.3 Å². The van der Waals surface area contributed by atoms with Crippen molar-refractivity contribution in [1.29, 1.82) is 0 Å². The minimum atomic E-state index is 0.842. The third kappa shape index (κ3) is 6.39. The zero-order valence-corrected chi connectivity index (χ0v) is 33.3. The molecule has 0 radical (unpaired) electrons. The molecule has 0 N–H and O–H groups in total. The molecule has 6 heteroatoms. The molecule has 4 aromatic carbocycles. The summed E-state index contributed by atoms with van der Waals surface area (Å²) in [7, 11) is 0. The molecule has 0 saturated carbocycles. The number of aromatic nitrogens is 5. The number of benzene rings is 4. The SMILES string of the molecule is CCc1c(/C=C(\C)c2cccc(-c3ccccn3)c2C)c2ccncc2n1-c1cccc(-n2c3ccc(-c4cccc(C5=CCC=CC=N5)c4)cc3c3ccncc32)c1. The van der Waals surface area contributed by atoms with Crippen molar-refractivity contribution in [3.05, 3.63) is 192 Å². The number of nitrogens with zero attached hydrogens (tertiary/aromatic N) is 6. The standard InChI is InChI=1S/C53H42N6/c1-4-50-46(29-35(2)42-17-12-18-43(36(42)3)49-20-7-9-26-57-49)44-23-27-54-33-52(44)58(50)40-15-11-16-41(32-40)59-51-22-21-38(31-47(51)45-24-28-55-34-53(45)59)37-13-10-14-39(30-37)48-19-6-5-8-25-56-48/h5,7-34H,4,6H2,1-3H3/b35-29+. The van der Waals surface area contributed by atoms with Gasteiger partial charge in [0, 0.05) is 74.7 Å². The molecule has 1 aliphatic rings. The molecule has 0 fully saturated rings. The van der Waals surface area contributed by atoms with Gasteiger partial charge in [0.2, 0.25) is 0 Å². The van der Waals surface area contributed by atoms with Crippen molar-refractivity contribution in [2.45, 2.75) is 33.6 Å². The summed E-state index contributed by atoms with van der Waals surface area (Å²) in [6.07, 6.45) is 21.9. The van der Waals surface area contributed by atoms with E-state index in [2.05, 4.69) is 171 Å². The Labute approximate surface area is 343 Å². The van der Waals surface area contributed by atoms with Gasteiger partial charge in [-0.3, -0.25) is 19.9 Å². The second kappa shape index (κ2) is 15.1. The molecule has 0 bridgehead atoms. The fourth-order valence-electron chi connectivity index (χ4n) is 8.82. The molecular weight excluding hydrogens is 721 g/mol. The Morgan fingerprint density at radius 1 is 0.678 bits per heavy atom. The van der Waals surface area contributed by atoms with Crippen LogP contribution in [0.5, 0.6) is 0 Å². The van der Waals surface area contributed by atoms with E-state index in [0.29, 0.717) is 0 Å². The molecule has 0 atom stereocenters. The second-order valence-electron chi connectivity index (χ2n) is 15.1. The van der Waals surface area contributed by atoms with Gasteiger partial charge in [-0.15, -0.1) is 0 Å². The summed E-state index contributed by atoms with van der Waals surface area (Å²) in [5.41, 5.74) is 18.1. The van der Waals surface area contributed by atoms with Crippen molar-refractivity contribution in [2.75, 3.05) is 0 Å². The molecule has 0 spiro atoms. The lowest BCUT2D eigenvalue weighted by molar-refractivity contribution is 0.953. The van der Waals surface area contributed by atoms with Crippen LogP contribution < -0.4 is 0 Å². The minimum absolute atomic E-state index is 0.842. The average Bonchev–Trinajstić information content (AvgIpc) is 3.62. The van der Waals surface area contributed by atoms with Crippen LogP contribution in [0.15, 0.2) is 169 Å². The highest BCUT2D eigenvalue weighted by Gasteiger charge is 2.20. The lowest BCUT2D eigenvalue weighted by Gasteiger charge is -2.14. The molecule has 0 unspecified atom stereocenters. The Morgan fingerprint density at radius 2 is 1.44 bits per heavy atom. The molecule has 5 aromatic heterocycles. The molecule has 9 aromatic rings. The van der Waals surface area contributed by atoms with E-state index in [0.717, 1.165) is 79.8 Å². The van der Waals surface area contributed by atoms with E-state index in [1.807, 2.05) is 55.4 Å². The highest BCUT2D eigenvalue weighted by molar-refractivity contribution is 6.10. The van der Waals surface area contributed by atoms with E-state index in [-0.39, 0.29) is 0 Å². The smallest absolute Gasteiger partial charge is 0.0724 e. The van der Waals surface area contributed by atoms with Crippen LogP contribution in [-0.4, -0.2) is 30.3 Å². The summed E-state index contributed by atoms with van der Waals surface area (Å²) in [4.78, 5) is 18.6. The van der Waals surface area contributed by atoms with Crippen LogP contribution in [0.4, 0.5) is 0 Å². The summed E-state index contributed by atoms with van der Waals surface area (Å²) in [5, 5.41) is 3.52. The maximum atomic E-state index is 4.68. The maximum Gasteiger partial charge on any atom is 0.0724 e. The second-order valence-corrected chi connectivity index (χ2v) is 15.1. The molecule has 0 amide bonds. The molecule has 59 heavy (non-hydrogen) atoms. The Hall–Kier alpha value is -7.44. The number of hydrogen-bond donors (Lipinski definition) is 0. The molecular formula is C53H42N6. The Balaban J connectivity index is 1.08. The van der Waals surface area contributed by atoms with Gasteiger partial charge >= 0.3 is 0 Å². The number of rotatable bonds is 8. The van der Waals surface area contributed by atoms with Crippen molar-refractivity contribution in [3.63, 3.8) is 0 Å². The summed E-state index contributed by atoms with van der Waals surface area (Å²) < 4.78 is 4.74. The molecule has 6 nitrogen and oxygen atoms in total. The first-order valence-corrected chi connectivity index (χ1v) is 20.2. The van der Waals surface area contributed by atoms with Gasteiger partial charge in [-0.05, 0) is 127 Å². The molecule has 1 aliphatic heterocycles. The Bertz CT molecular complexity index is 3190. The lowest BCUT2D eigenvalue weighted by atomic mass is 9.94. The lowest BCUT2D eigenvalue weighted by Crippen LogP contribution is -2.02. The summed E-state index contributed by atoms with van der Waals surface area (Å²) in [6.45, 7) is 6.66. The topological polar surface area (TPSA) is 60.9 Å². The monoisotopic (exact) mass is 762 g/mol. The average molecular weight is 763 g/mol. The fraction of sp³-hybridized carbons (Fsp3) is 0.0943. The van der Waals surface area contributed by atoms with E-state index >= 15 is 0 Å². The largest absolute Gasteiger partial charge is 0.311 e. The van der Waals surface area contributed by atoms with E-state index in [1.54, 1.807) is 0 Å². The van der Waals surface area contributed by atoms with Crippen molar-refractivity contribution in [1.82, 2.24) is 24.1 Å². The van der Waals surface area contributed by atoms with Crippen LogP contribution in [0.3, 0.4) is 0 Å². The third-order valence-electron chi connectivity index (χ3n) is 11.6. The van der Waals surface area contributed by atoms with Gasteiger partial charge in [0.15, 0.2) is 0 Å².